The van der Waals surface area contributed by atoms with Crippen molar-refractivity contribution in [3.8, 4) is 11.5 Å². The summed E-state index contributed by atoms with van der Waals surface area (Å²) >= 11 is 0. The second kappa shape index (κ2) is 10.6. The summed E-state index contributed by atoms with van der Waals surface area (Å²) in [6.07, 6.45) is 1.46. The molecule has 31 heavy (non-hydrogen) atoms. The second-order valence-corrected chi connectivity index (χ2v) is 6.68. The average molecular weight is 417 g/mol. The SMILES string of the molecule is COc1cccc(C(=O)N/N=C/c2ccccc2OCC(=O)Nc2cccc(C)c2)c1. The Morgan fingerprint density at radius 2 is 1.81 bits per heavy atom. The van der Waals surface area contributed by atoms with Crippen LogP contribution in [0.4, 0.5) is 5.69 Å². The molecule has 0 radical (unpaired) electrons. The summed E-state index contributed by atoms with van der Waals surface area (Å²) in [6, 6.07) is 21.4. The van der Waals surface area contributed by atoms with Crippen LogP contribution < -0.4 is 20.2 Å². The van der Waals surface area contributed by atoms with Gasteiger partial charge in [-0.05, 0) is 55.0 Å². The summed E-state index contributed by atoms with van der Waals surface area (Å²) < 4.78 is 10.8. The predicted octanol–water partition coefficient (Wildman–Crippen LogP) is 3.79. The molecule has 0 fully saturated rings. The molecule has 3 aromatic rings. The fourth-order valence-electron chi connectivity index (χ4n) is 2.77. The van der Waals surface area contributed by atoms with Crippen LogP contribution in [0.5, 0.6) is 11.5 Å². The third-order valence-corrected chi connectivity index (χ3v) is 4.28. The van der Waals surface area contributed by atoms with E-state index in [9.17, 15) is 9.59 Å². The molecule has 7 heteroatoms. The van der Waals surface area contributed by atoms with Crippen molar-refractivity contribution in [2.24, 2.45) is 5.10 Å². The number of nitrogens with one attached hydrogen (secondary N) is 2. The van der Waals surface area contributed by atoms with Crippen LogP contribution in [-0.4, -0.2) is 31.7 Å². The second-order valence-electron chi connectivity index (χ2n) is 6.68. The molecule has 0 atom stereocenters. The van der Waals surface area contributed by atoms with Crippen LogP contribution in [0, 0.1) is 6.92 Å². The van der Waals surface area contributed by atoms with Crippen LogP contribution in [0.3, 0.4) is 0 Å². The lowest BCUT2D eigenvalue weighted by molar-refractivity contribution is -0.118. The van der Waals surface area contributed by atoms with E-state index in [1.807, 2.05) is 37.3 Å². The third kappa shape index (κ3) is 6.43. The van der Waals surface area contributed by atoms with Crippen molar-refractivity contribution in [2.75, 3.05) is 19.0 Å². The van der Waals surface area contributed by atoms with Gasteiger partial charge in [-0.1, -0.05) is 30.3 Å². The monoisotopic (exact) mass is 417 g/mol. The number of hydrogen-bond donors (Lipinski definition) is 2. The molecule has 158 valence electrons. The molecule has 0 saturated carbocycles. The van der Waals surface area contributed by atoms with Gasteiger partial charge in [-0.2, -0.15) is 5.10 Å². The number of carbonyl (C=O) groups excluding carboxylic acids is 2. The Hall–Kier alpha value is -4.13. The van der Waals surface area contributed by atoms with Gasteiger partial charge in [0.2, 0.25) is 0 Å². The first-order valence-electron chi connectivity index (χ1n) is 9.61. The van der Waals surface area contributed by atoms with Crippen LogP contribution >= 0.6 is 0 Å². The van der Waals surface area contributed by atoms with Crippen LogP contribution in [0.2, 0.25) is 0 Å². The molecule has 3 aromatic carbocycles. The van der Waals surface area contributed by atoms with E-state index in [1.54, 1.807) is 42.5 Å². The number of nitrogens with zero attached hydrogens (tertiary/aromatic N) is 1. The zero-order valence-electron chi connectivity index (χ0n) is 17.3. The number of hydrazone groups is 1. The van der Waals surface area contributed by atoms with E-state index in [2.05, 4.69) is 15.8 Å². The Bertz CT molecular complexity index is 1100. The average Bonchev–Trinajstić information content (AvgIpc) is 2.78. The summed E-state index contributed by atoms with van der Waals surface area (Å²) in [5.74, 6) is 0.412. The van der Waals surface area contributed by atoms with Crippen LogP contribution in [0.1, 0.15) is 21.5 Å². The summed E-state index contributed by atoms with van der Waals surface area (Å²) in [5, 5.41) is 6.79. The van der Waals surface area contributed by atoms with E-state index in [0.29, 0.717) is 28.3 Å². The molecule has 0 aromatic heterocycles. The first kappa shape index (κ1) is 21.6. The lowest BCUT2D eigenvalue weighted by atomic mass is 10.2. The number of benzene rings is 3. The molecule has 2 N–H and O–H groups in total. The van der Waals surface area contributed by atoms with Gasteiger partial charge in [0, 0.05) is 16.8 Å². The molecule has 0 heterocycles. The first-order valence-corrected chi connectivity index (χ1v) is 9.61. The normalized spacial score (nSPS) is 10.5. The summed E-state index contributed by atoms with van der Waals surface area (Å²) in [6.45, 7) is 1.80. The van der Waals surface area contributed by atoms with E-state index in [4.69, 9.17) is 9.47 Å². The minimum absolute atomic E-state index is 0.158. The number of hydrogen-bond acceptors (Lipinski definition) is 5. The van der Waals surface area contributed by atoms with Crippen molar-refractivity contribution in [3.05, 3.63) is 89.5 Å². The lowest BCUT2D eigenvalue weighted by Gasteiger charge is -2.10. The quantitative estimate of drug-likeness (QED) is 0.431. The van der Waals surface area contributed by atoms with Crippen molar-refractivity contribution in [3.63, 3.8) is 0 Å². The maximum absolute atomic E-state index is 12.2. The van der Waals surface area contributed by atoms with Gasteiger partial charge in [-0.15, -0.1) is 0 Å². The zero-order chi connectivity index (χ0) is 22.1. The number of methoxy groups -OCH3 is 1. The number of aryl methyl sites for hydroxylation is 1. The Labute approximate surface area is 180 Å². The molecule has 7 nitrogen and oxygen atoms in total. The molecule has 0 aliphatic carbocycles. The van der Waals surface area contributed by atoms with E-state index in [1.165, 1.54) is 13.3 Å². The highest BCUT2D eigenvalue weighted by atomic mass is 16.5. The summed E-state index contributed by atoms with van der Waals surface area (Å²) in [4.78, 5) is 24.4. The number of ether oxygens (including phenoxy) is 2. The molecule has 0 aliphatic rings. The lowest BCUT2D eigenvalue weighted by Crippen LogP contribution is -2.20. The fourth-order valence-corrected chi connectivity index (χ4v) is 2.77. The Kier molecular flexibility index (Phi) is 7.37. The maximum Gasteiger partial charge on any atom is 0.271 e. The molecule has 0 aliphatic heterocycles. The van der Waals surface area contributed by atoms with Gasteiger partial charge in [0.05, 0.1) is 13.3 Å². The van der Waals surface area contributed by atoms with Crippen molar-refractivity contribution in [2.45, 2.75) is 6.92 Å². The van der Waals surface area contributed by atoms with Crippen LogP contribution in [0.15, 0.2) is 77.9 Å². The number of para-hydroxylation sites is 1. The van der Waals surface area contributed by atoms with E-state index in [-0.39, 0.29) is 18.4 Å². The van der Waals surface area contributed by atoms with Crippen molar-refractivity contribution in [1.29, 1.82) is 0 Å². The van der Waals surface area contributed by atoms with E-state index in [0.717, 1.165) is 5.56 Å². The molecule has 0 spiro atoms. The molecule has 0 saturated heterocycles. The Balaban J connectivity index is 1.58. The molecular weight excluding hydrogens is 394 g/mol. The third-order valence-electron chi connectivity index (χ3n) is 4.28. The summed E-state index contributed by atoms with van der Waals surface area (Å²) in [5.41, 5.74) is 5.28. The number of carbonyl (C=O) groups is 2. The predicted molar refractivity (Wildman–Crippen MR) is 120 cm³/mol. The van der Waals surface area contributed by atoms with Crippen LogP contribution in [0.25, 0.3) is 0 Å². The topological polar surface area (TPSA) is 89.0 Å². The zero-order valence-corrected chi connectivity index (χ0v) is 17.3. The number of anilines is 1. The van der Waals surface area contributed by atoms with Crippen molar-refractivity contribution >= 4 is 23.7 Å². The van der Waals surface area contributed by atoms with Crippen LogP contribution in [-0.2, 0) is 4.79 Å². The highest BCUT2D eigenvalue weighted by Crippen LogP contribution is 2.16. The van der Waals surface area contributed by atoms with Gasteiger partial charge < -0.3 is 14.8 Å². The minimum Gasteiger partial charge on any atom is -0.497 e. The van der Waals surface area contributed by atoms with Crippen molar-refractivity contribution in [1.82, 2.24) is 5.43 Å². The first-order chi connectivity index (χ1) is 15.0. The summed E-state index contributed by atoms with van der Waals surface area (Å²) in [7, 11) is 1.53. The molecule has 3 rings (SSSR count). The molecule has 0 bridgehead atoms. The molecule has 2 amide bonds. The van der Waals surface area contributed by atoms with E-state index < -0.39 is 0 Å². The molecule has 0 unspecified atom stereocenters. The minimum atomic E-state index is -0.369. The van der Waals surface area contributed by atoms with Gasteiger partial charge >= 0.3 is 0 Å². The Morgan fingerprint density at radius 3 is 2.61 bits per heavy atom. The van der Waals surface area contributed by atoms with Gasteiger partial charge in [0.1, 0.15) is 11.5 Å². The van der Waals surface area contributed by atoms with Gasteiger partial charge in [-0.25, -0.2) is 5.43 Å². The number of rotatable bonds is 8. The standard InChI is InChI=1S/C24H23N3O4/c1-17-7-5-10-20(13-17)26-23(28)16-31-22-12-4-3-8-19(22)15-25-27-24(29)18-9-6-11-21(14-18)30-2/h3-15H,16H2,1-2H3,(H,26,28)(H,27,29)/b25-15+. The Morgan fingerprint density at radius 1 is 1.00 bits per heavy atom. The molecular formula is C24H23N3O4. The smallest absolute Gasteiger partial charge is 0.271 e. The highest BCUT2D eigenvalue weighted by molar-refractivity contribution is 5.95. The van der Waals surface area contributed by atoms with Gasteiger partial charge in [0.15, 0.2) is 6.61 Å². The van der Waals surface area contributed by atoms with Crippen molar-refractivity contribution < 1.29 is 19.1 Å². The maximum atomic E-state index is 12.2. The number of amides is 2. The van der Waals surface area contributed by atoms with E-state index >= 15 is 0 Å². The largest absolute Gasteiger partial charge is 0.497 e. The fraction of sp³-hybridized carbons (Fsp3) is 0.125. The van der Waals surface area contributed by atoms with Gasteiger partial charge in [0.25, 0.3) is 11.8 Å². The van der Waals surface area contributed by atoms with Gasteiger partial charge in [-0.3, -0.25) is 9.59 Å². The highest BCUT2D eigenvalue weighted by Gasteiger charge is 2.08.